The van der Waals surface area contributed by atoms with Crippen molar-refractivity contribution in [2.75, 3.05) is 5.32 Å². The Morgan fingerprint density at radius 2 is 2.26 bits per heavy atom. The number of thiazole rings is 1. The summed E-state index contributed by atoms with van der Waals surface area (Å²) in [7, 11) is 0. The lowest BCUT2D eigenvalue weighted by atomic mass is 10.2. The van der Waals surface area contributed by atoms with Crippen molar-refractivity contribution < 1.29 is 9.72 Å². The Balaban J connectivity index is 2.20. The van der Waals surface area contributed by atoms with Crippen LogP contribution in [0.15, 0.2) is 23.6 Å². The number of aromatic nitrogens is 1. The van der Waals surface area contributed by atoms with Gasteiger partial charge >= 0.3 is 0 Å². The Kier molecular flexibility index (Phi) is 3.77. The van der Waals surface area contributed by atoms with Crippen LogP contribution in [-0.2, 0) is 0 Å². The van der Waals surface area contributed by atoms with Crippen LogP contribution in [0.5, 0.6) is 0 Å². The minimum atomic E-state index is -0.603. The van der Waals surface area contributed by atoms with Crippen LogP contribution in [0, 0.1) is 17.0 Å². The second-order valence-electron chi connectivity index (χ2n) is 3.67. The second-order valence-corrected chi connectivity index (χ2v) is 4.94. The van der Waals surface area contributed by atoms with Crippen molar-refractivity contribution in [3.63, 3.8) is 0 Å². The van der Waals surface area contributed by atoms with Gasteiger partial charge < -0.3 is 0 Å². The standard InChI is InChI=1S/C11H8ClN3O3S/c1-6-5-19-11(13-6)14-10(16)7-2-3-9(15(17)18)8(12)4-7/h2-5H,1H3,(H,13,14,16). The zero-order chi connectivity index (χ0) is 14.0. The first kappa shape index (κ1) is 13.4. The van der Waals surface area contributed by atoms with Gasteiger partial charge in [-0.2, -0.15) is 0 Å². The van der Waals surface area contributed by atoms with Gasteiger partial charge in [0.05, 0.1) is 10.6 Å². The largest absolute Gasteiger partial charge is 0.298 e. The van der Waals surface area contributed by atoms with Crippen LogP contribution in [0.4, 0.5) is 10.8 Å². The number of hydrogen-bond donors (Lipinski definition) is 1. The number of rotatable bonds is 3. The first-order valence-electron chi connectivity index (χ1n) is 5.15. The normalized spacial score (nSPS) is 10.2. The molecule has 8 heteroatoms. The summed E-state index contributed by atoms with van der Waals surface area (Å²) in [5.74, 6) is -0.411. The fourth-order valence-corrected chi connectivity index (χ4v) is 2.31. The van der Waals surface area contributed by atoms with Crippen LogP contribution >= 0.6 is 22.9 Å². The van der Waals surface area contributed by atoms with Crippen molar-refractivity contribution in [3.05, 3.63) is 50.0 Å². The highest BCUT2D eigenvalue weighted by Crippen LogP contribution is 2.25. The summed E-state index contributed by atoms with van der Waals surface area (Å²) < 4.78 is 0. The monoisotopic (exact) mass is 297 g/mol. The van der Waals surface area contributed by atoms with E-state index in [9.17, 15) is 14.9 Å². The number of carbonyl (C=O) groups excluding carboxylic acids is 1. The first-order valence-corrected chi connectivity index (χ1v) is 6.40. The predicted molar refractivity (Wildman–Crippen MR) is 72.9 cm³/mol. The number of amides is 1. The maximum absolute atomic E-state index is 11.9. The third-order valence-corrected chi connectivity index (χ3v) is 3.42. The number of nitrogens with zero attached hydrogens (tertiary/aromatic N) is 2. The first-order chi connectivity index (χ1) is 8.97. The van der Waals surface area contributed by atoms with Gasteiger partial charge in [0.2, 0.25) is 0 Å². The van der Waals surface area contributed by atoms with Crippen LogP contribution < -0.4 is 5.32 Å². The molecule has 1 aromatic carbocycles. The zero-order valence-corrected chi connectivity index (χ0v) is 11.3. The molecule has 0 aliphatic heterocycles. The number of anilines is 1. The molecule has 98 valence electrons. The third kappa shape index (κ3) is 3.07. The molecule has 2 aromatic rings. The summed E-state index contributed by atoms with van der Waals surface area (Å²) in [6.45, 7) is 1.81. The number of aryl methyl sites for hydroxylation is 1. The highest BCUT2D eigenvalue weighted by molar-refractivity contribution is 7.13. The third-order valence-electron chi connectivity index (χ3n) is 2.25. The highest BCUT2D eigenvalue weighted by Gasteiger charge is 2.15. The van der Waals surface area contributed by atoms with E-state index in [0.717, 1.165) is 5.69 Å². The van der Waals surface area contributed by atoms with Gasteiger partial charge in [-0.25, -0.2) is 4.98 Å². The molecule has 0 aliphatic carbocycles. The summed E-state index contributed by atoms with van der Waals surface area (Å²) in [6.07, 6.45) is 0. The minimum Gasteiger partial charge on any atom is -0.298 e. The molecular weight excluding hydrogens is 290 g/mol. The van der Waals surface area contributed by atoms with E-state index in [-0.39, 0.29) is 16.3 Å². The fraction of sp³-hybridized carbons (Fsp3) is 0.0909. The molecule has 0 radical (unpaired) electrons. The van der Waals surface area contributed by atoms with Crippen LogP contribution in [-0.4, -0.2) is 15.8 Å². The van der Waals surface area contributed by atoms with E-state index in [0.29, 0.717) is 5.13 Å². The number of carbonyl (C=O) groups is 1. The van der Waals surface area contributed by atoms with Crippen molar-refractivity contribution >= 4 is 39.7 Å². The highest BCUT2D eigenvalue weighted by atomic mass is 35.5. The zero-order valence-electron chi connectivity index (χ0n) is 9.71. The molecule has 0 unspecified atom stereocenters. The number of hydrogen-bond acceptors (Lipinski definition) is 5. The van der Waals surface area contributed by atoms with Gasteiger partial charge in [-0.15, -0.1) is 11.3 Å². The Labute approximate surface area is 117 Å². The number of nitro benzene ring substituents is 1. The van der Waals surface area contributed by atoms with Gasteiger partial charge in [-0.1, -0.05) is 11.6 Å². The van der Waals surface area contributed by atoms with E-state index in [2.05, 4.69) is 10.3 Å². The number of halogens is 1. The lowest BCUT2D eigenvalue weighted by Crippen LogP contribution is -2.11. The van der Waals surface area contributed by atoms with E-state index in [1.54, 1.807) is 5.38 Å². The molecule has 0 bridgehead atoms. The maximum Gasteiger partial charge on any atom is 0.287 e. The predicted octanol–water partition coefficient (Wildman–Crippen LogP) is 3.27. The number of nitrogens with one attached hydrogen (secondary N) is 1. The van der Waals surface area contributed by atoms with E-state index in [4.69, 9.17) is 11.6 Å². The molecule has 0 fully saturated rings. The lowest BCUT2D eigenvalue weighted by Gasteiger charge is -2.02. The van der Waals surface area contributed by atoms with Crippen molar-refractivity contribution in [1.29, 1.82) is 0 Å². The van der Waals surface area contributed by atoms with Gasteiger partial charge in [-0.3, -0.25) is 20.2 Å². The summed E-state index contributed by atoms with van der Waals surface area (Å²) in [5.41, 5.74) is 0.814. The average molecular weight is 298 g/mol. The molecule has 6 nitrogen and oxygen atoms in total. The van der Waals surface area contributed by atoms with Crippen molar-refractivity contribution in [3.8, 4) is 0 Å². The Morgan fingerprint density at radius 3 is 2.79 bits per heavy atom. The quantitative estimate of drug-likeness (QED) is 0.696. The van der Waals surface area contributed by atoms with Crippen LogP contribution in [0.2, 0.25) is 5.02 Å². The smallest absolute Gasteiger partial charge is 0.287 e. The lowest BCUT2D eigenvalue weighted by molar-refractivity contribution is -0.384. The minimum absolute atomic E-state index is 0.0760. The molecule has 19 heavy (non-hydrogen) atoms. The molecule has 1 amide bonds. The van der Waals surface area contributed by atoms with Gasteiger partial charge in [0.25, 0.3) is 11.6 Å². The summed E-state index contributed by atoms with van der Waals surface area (Å²) in [5, 5.41) is 15.4. The fourth-order valence-electron chi connectivity index (χ4n) is 1.38. The summed E-state index contributed by atoms with van der Waals surface area (Å²) >= 11 is 7.04. The summed E-state index contributed by atoms with van der Waals surface area (Å²) in [4.78, 5) is 26.0. The van der Waals surface area contributed by atoms with Crippen molar-refractivity contribution in [2.24, 2.45) is 0 Å². The molecule has 0 spiro atoms. The molecule has 1 aromatic heterocycles. The van der Waals surface area contributed by atoms with Crippen molar-refractivity contribution in [1.82, 2.24) is 4.98 Å². The second kappa shape index (κ2) is 5.33. The summed E-state index contributed by atoms with van der Waals surface area (Å²) in [6, 6.07) is 3.81. The Bertz CT molecular complexity index is 656. The van der Waals surface area contributed by atoms with Gasteiger partial charge in [0.15, 0.2) is 5.13 Å². The maximum atomic E-state index is 11.9. The van der Waals surface area contributed by atoms with E-state index >= 15 is 0 Å². The molecular formula is C11H8ClN3O3S. The van der Waals surface area contributed by atoms with Gasteiger partial charge in [-0.05, 0) is 19.1 Å². The van der Waals surface area contributed by atoms with E-state index < -0.39 is 10.8 Å². The molecule has 0 atom stereocenters. The molecule has 0 saturated carbocycles. The molecule has 1 N–H and O–H groups in total. The number of benzene rings is 1. The molecule has 1 heterocycles. The van der Waals surface area contributed by atoms with E-state index in [1.165, 1.54) is 29.5 Å². The van der Waals surface area contributed by atoms with Gasteiger partial charge in [0, 0.05) is 17.0 Å². The molecule has 0 saturated heterocycles. The number of nitro groups is 1. The van der Waals surface area contributed by atoms with Crippen LogP contribution in [0.25, 0.3) is 0 Å². The Hall–Kier alpha value is -1.99. The van der Waals surface area contributed by atoms with Crippen LogP contribution in [0.1, 0.15) is 16.1 Å². The molecule has 2 rings (SSSR count). The Morgan fingerprint density at radius 1 is 1.53 bits per heavy atom. The SMILES string of the molecule is Cc1csc(NC(=O)c2ccc([N+](=O)[O-])c(Cl)c2)n1. The van der Waals surface area contributed by atoms with Gasteiger partial charge in [0.1, 0.15) is 5.02 Å². The van der Waals surface area contributed by atoms with E-state index in [1.807, 2.05) is 6.92 Å². The van der Waals surface area contributed by atoms with Crippen LogP contribution in [0.3, 0.4) is 0 Å². The molecule has 0 aliphatic rings. The van der Waals surface area contributed by atoms with Crippen molar-refractivity contribution in [2.45, 2.75) is 6.92 Å². The topological polar surface area (TPSA) is 85.1 Å². The average Bonchev–Trinajstić information content (AvgIpc) is 2.74.